The maximum atomic E-state index is 9.69. The van der Waals surface area contributed by atoms with Crippen LogP contribution >= 0.6 is 0 Å². The molecule has 1 N–H and O–H groups in total. The summed E-state index contributed by atoms with van der Waals surface area (Å²) in [6.45, 7) is 3.90. The molecule has 1 aromatic carbocycles. The number of piperidine rings is 1. The van der Waals surface area contributed by atoms with Gasteiger partial charge < -0.3 is 5.11 Å². The van der Waals surface area contributed by atoms with E-state index >= 15 is 0 Å². The van der Waals surface area contributed by atoms with Crippen LogP contribution in [0.1, 0.15) is 38.3 Å². The van der Waals surface area contributed by atoms with Crippen molar-refractivity contribution in [2.75, 3.05) is 6.54 Å². The second-order valence-corrected chi connectivity index (χ2v) is 6.20. The van der Waals surface area contributed by atoms with Gasteiger partial charge in [0, 0.05) is 18.0 Å². The van der Waals surface area contributed by atoms with E-state index in [2.05, 4.69) is 29.2 Å². The number of nitrogens with zero attached hydrogens (tertiary/aromatic N) is 2. The van der Waals surface area contributed by atoms with E-state index in [1.54, 1.807) is 0 Å². The molecule has 1 fully saturated rings. The lowest BCUT2D eigenvalue weighted by Gasteiger charge is -2.36. The summed E-state index contributed by atoms with van der Waals surface area (Å²) in [6.07, 6.45) is 4.37. The Bertz CT molecular complexity index is 597. The Morgan fingerprint density at radius 3 is 2.95 bits per heavy atom. The van der Waals surface area contributed by atoms with E-state index in [1.807, 2.05) is 19.1 Å². The molecule has 0 bridgehead atoms. The molecule has 1 aliphatic heterocycles. The fourth-order valence-corrected chi connectivity index (χ4v) is 3.33. The van der Waals surface area contributed by atoms with Gasteiger partial charge in [-0.05, 0) is 44.9 Å². The van der Waals surface area contributed by atoms with E-state index in [0.717, 1.165) is 30.7 Å². The Morgan fingerprint density at radius 2 is 2.10 bits per heavy atom. The fraction of sp³-hybridized carbons (Fsp3) is 0.500. The zero-order chi connectivity index (χ0) is 14.7. The maximum absolute atomic E-state index is 9.69. The van der Waals surface area contributed by atoms with Crippen molar-refractivity contribution in [3.05, 3.63) is 42.1 Å². The number of aromatic nitrogens is 1. The van der Waals surface area contributed by atoms with E-state index in [-0.39, 0.29) is 6.10 Å². The quantitative estimate of drug-likeness (QED) is 0.935. The molecule has 3 heteroatoms. The number of pyridine rings is 1. The monoisotopic (exact) mass is 284 g/mol. The summed E-state index contributed by atoms with van der Waals surface area (Å²) in [5.74, 6) is 0. The van der Waals surface area contributed by atoms with Gasteiger partial charge in [0.05, 0.1) is 17.3 Å². The number of aliphatic hydroxyl groups is 1. The molecular weight excluding hydrogens is 260 g/mol. The normalized spacial score (nSPS) is 21.5. The van der Waals surface area contributed by atoms with E-state index in [1.165, 1.54) is 24.6 Å². The van der Waals surface area contributed by atoms with Crippen LogP contribution in [0.2, 0.25) is 0 Å². The van der Waals surface area contributed by atoms with Gasteiger partial charge in [0.15, 0.2) is 0 Å². The first-order chi connectivity index (χ1) is 10.2. The Kier molecular flexibility index (Phi) is 4.51. The SMILES string of the molecule is CC(O)CC1CCCCN1Cc1ccc2ccccc2n1. The molecule has 0 aliphatic carbocycles. The van der Waals surface area contributed by atoms with Gasteiger partial charge >= 0.3 is 0 Å². The van der Waals surface area contributed by atoms with Gasteiger partial charge in [-0.2, -0.15) is 0 Å². The molecule has 0 saturated carbocycles. The fourth-order valence-electron chi connectivity index (χ4n) is 3.33. The third-order valence-corrected chi connectivity index (χ3v) is 4.38. The predicted octanol–water partition coefficient (Wildman–Crippen LogP) is 3.36. The molecule has 3 nitrogen and oxygen atoms in total. The second kappa shape index (κ2) is 6.54. The minimum Gasteiger partial charge on any atom is -0.393 e. The molecule has 0 amide bonds. The average molecular weight is 284 g/mol. The highest BCUT2D eigenvalue weighted by Crippen LogP contribution is 2.23. The first-order valence-electron chi connectivity index (χ1n) is 7.99. The zero-order valence-electron chi connectivity index (χ0n) is 12.7. The first-order valence-corrected chi connectivity index (χ1v) is 7.99. The number of rotatable bonds is 4. The molecule has 2 aromatic rings. The molecule has 21 heavy (non-hydrogen) atoms. The lowest BCUT2D eigenvalue weighted by molar-refractivity contribution is 0.0810. The molecule has 2 atom stereocenters. The highest BCUT2D eigenvalue weighted by atomic mass is 16.3. The van der Waals surface area contributed by atoms with Crippen molar-refractivity contribution < 1.29 is 5.11 Å². The summed E-state index contributed by atoms with van der Waals surface area (Å²) in [6, 6.07) is 13.0. The largest absolute Gasteiger partial charge is 0.393 e. The van der Waals surface area contributed by atoms with Crippen molar-refractivity contribution >= 4 is 10.9 Å². The smallest absolute Gasteiger partial charge is 0.0705 e. The Balaban J connectivity index is 1.75. The highest BCUT2D eigenvalue weighted by Gasteiger charge is 2.23. The molecule has 2 unspecified atom stereocenters. The van der Waals surface area contributed by atoms with Crippen molar-refractivity contribution in [3.63, 3.8) is 0 Å². The summed E-state index contributed by atoms with van der Waals surface area (Å²) in [5, 5.41) is 10.9. The number of fused-ring (bicyclic) bond motifs is 1. The van der Waals surface area contributed by atoms with Crippen LogP contribution < -0.4 is 0 Å². The molecule has 1 aromatic heterocycles. The number of aliphatic hydroxyl groups excluding tert-OH is 1. The molecule has 1 saturated heterocycles. The van der Waals surface area contributed by atoms with Gasteiger partial charge in [0.1, 0.15) is 0 Å². The van der Waals surface area contributed by atoms with Gasteiger partial charge in [-0.3, -0.25) is 9.88 Å². The van der Waals surface area contributed by atoms with Gasteiger partial charge in [0.25, 0.3) is 0 Å². The van der Waals surface area contributed by atoms with Crippen molar-refractivity contribution in [2.24, 2.45) is 0 Å². The summed E-state index contributed by atoms with van der Waals surface area (Å²) in [7, 11) is 0. The number of likely N-dealkylation sites (tertiary alicyclic amines) is 1. The van der Waals surface area contributed by atoms with Gasteiger partial charge in [-0.25, -0.2) is 0 Å². The van der Waals surface area contributed by atoms with Crippen LogP contribution in [0.4, 0.5) is 0 Å². The Hall–Kier alpha value is -1.45. The third kappa shape index (κ3) is 3.60. The summed E-state index contributed by atoms with van der Waals surface area (Å²) in [5.41, 5.74) is 2.20. The number of hydrogen-bond acceptors (Lipinski definition) is 3. The van der Waals surface area contributed by atoms with Gasteiger partial charge in [-0.1, -0.05) is 30.7 Å². The minimum absolute atomic E-state index is 0.222. The maximum Gasteiger partial charge on any atom is 0.0705 e. The van der Waals surface area contributed by atoms with Crippen LogP contribution in [0.5, 0.6) is 0 Å². The van der Waals surface area contributed by atoms with E-state index in [4.69, 9.17) is 4.98 Å². The Morgan fingerprint density at radius 1 is 1.24 bits per heavy atom. The highest BCUT2D eigenvalue weighted by molar-refractivity contribution is 5.78. The van der Waals surface area contributed by atoms with Crippen LogP contribution in [0, 0.1) is 0 Å². The van der Waals surface area contributed by atoms with Gasteiger partial charge in [0.2, 0.25) is 0 Å². The van der Waals surface area contributed by atoms with Crippen molar-refractivity contribution in [3.8, 4) is 0 Å². The molecule has 2 heterocycles. The molecule has 1 aliphatic rings. The number of benzene rings is 1. The van der Waals surface area contributed by atoms with Gasteiger partial charge in [-0.15, -0.1) is 0 Å². The summed E-state index contributed by atoms with van der Waals surface area (Å²) < 4.78 is 0. The van der Waals surface area contributed by atoms with E-state index in [0.29, 0.717) is 6.04 Å². The van der Waals surface area contributed by atoms with Crippen molar-refractivity contribution in [2.45, 2.75) is 51.3 Å². The second-order valence-electron chi connectivity index (χ2n) is 6.20. The molecular formula is C18H24N2O. The topological polar surface area (TPSA) is 36.4 Å². The lowest BCUT2D eigenvalue weighted by Crippen LogP contribution is -2.40. The van der Waals surface area contributed by atoms with Crippen LogP contribution in [-0.4, -0.2) is 33.7 Å². The summed E-state index contributed by atoms with van der Waals surface area (Å²) in [4.78, 5) is 7.27. The average Bonchev–Trinajstić information content (AvgIpc) is 2.49. The van der Waals surface area contributed by atoms with Crippen LogP contribution in [0.3, 0.4) is 0 Å². The van der Waals surface area contributed by atoms with Crippen LogP contribution in [-0.2, 0) is 6.54 Å². The van der Waals surface area contributed by atoms with Crippen LogP contribution in [0.15, 0.2) is 36.4 Å². The number of hydrogen-bond donors (Lipinski definition) is 1. The zero-order valence-corrected chi connectivity index (χ0v) is 12.7. The number of para-hydroxylation sites is 1. The van der Waals surface area contributed by atoms with E-state index in [9.17, 15) is 5.11 Å². The summed E-state index contributed by atoms with van der Waals surface area (Å²) >= 11 is 0. The van der Waals surface area contributed by atoms with Crippen LogP contribution in [0.25, 0.3) is 10.9 Å². The Labute approximate surface area is 126 Å². The molecule has 0 radical (unpaired) electrons. The molecule has 112 valence electrons. The standard InChI is InChI=1S/C18H24N2O/c1-14(21)12-17-7-4-5-11-20(17)13-16-10-9-15-6-2-3-8-18(15)19-16/h2-3,6,8-10,14,17,21H,4-5,7,11-13H2,1H3. The molecule has 0 spiro atoms. The molecule has 3 rings (SSSR count). The third-order valence-electron chi connectivity index (χ3n) is 4.38. The van der Waals surface area contributed by atoms with Crippen molar-refractivity contribution in [1.82, 2.24) is 9.88 Å². The minimum atomic E-state index is -0.222. The van der Waals surface area contributed by atoms with E-state index < -0.39 is 0 Å². The predicted molar refractivity (Wildman–Crippen MR) is 86.1 cm³/mol. The first kappa shape index (κ1) is 14.5. The lowest BCUT2D eigenvalue weighted by atomic mass is 9.97. The van der Waals surface area contributed by atoms with Crippen molar-refractivity contribution in [1.29, 1.82) is 0 Å².